The monoisotopic (exact) mass is 257 g/mol. The lowest BCUT2D eigenvalue weighted by Crippen LogP contribution is -2.24. The maximum atomic E-state index is 11.0. The van der Waals surface area contributed by atoms with Gasteiger partial charge in [0, 0.05) is 6.04 Å². The number of ether oxygens (including phenoxy) is 1. The van der Waals surface area contributed by atoms with Crippen molar-refractivity contribution in [2.24, 2.45) is 5.73 Å². The van der Waals surface area contributed by atoms with Crippen LogP contribution in [0.15, 0.2) is 0 Å². The van der Waals surface area contributed by atoms with Gasteiger partial charge in [-0.15, -0.1) is 0 Å². The van der Waals surface area contributed by atoms with Crippen LogP contribution in [0.4, 0.5) is 0 Å². The molecule has 0 heterocycles. The summed E-state index contributed by atoms with van der Waals surface area (Å²) in [7, 11) is 1.41. The van der Waals surface area contributed by atoms with E-state index < -0.39 is 0 Å². The third-order valence-electron chi connectivity index (χ3n) is 3.33. The highest BCUT2D eigenvalue weighted by molar-refractivity contribution is 5.69. The van der Waals surface area contributed by atoms with Crippen LogP contribution in [0.3, 0.4) is 0 Å². The van der Waals surface area contributed by atoms with Gasteiger partial charge in [0.05, 0.1) is 13.5 Å². The van der Waals surface area contributed by atoms with Gasteiger partial charge in [-0.1, -0.05) is 64.7 Å². The van der Waals surface area contributed by atoms with Gasteiger partial charge in [-0.3, -0.25) is 4.79 Å². The second-order valence-corrected chi connectivity index (χ2v) is 5.16. The number of carbonyl (C=O) groups is 1. The van der Waals surface area contributed by atoms with E-state index in [2.05, 4.69) is 11.7 Å². The molecular weight excluding hydrogens is 226 g/mol. The molecule has 0 bridgehead atoms. The first kappa shape index (κ1) is 17.4. The summed E-state index contributed by atoms with van der Waals surface area (Å²) in [5, 5.41) is 0. The van der Waals surface area contributed by atoms with E-state index in [1.807, 2.05) is 0 Å². The number of hydrogen-bond donors (Lipinski definition) is 1. The van der Waals surface area contributed by atoms with Crippen molar-refractivity contribution >= 4 is 5.97 Å². The van der Waals surface area contributed by atoms with Crippen LogP contribution in [0.1, 0.15) is 77.6 Å². The molecule has 0 fully saturated rings. The third-order valence-corrected chi connectivity index (χ3v) is 3.33. The second-order valence-electron chi connectivity index (χ2n) is 5.16. The molecule has 0 aromatic heterocycles. The number of esters is 1. The van der Waals surface area contributed by atoms with Gasteiger partial charge < -0.3 is 10.5 Å². The Kier molecular flexibility index (Phi) is 12.5. The van der Waals surface area contributed by atoms with Gasteiger partial charge in [-0.05, 0) is 6.42 Å². The number of methoxy groups -OCH3 is 1. The molecule has 2 N–H and O–H groups in total. The molecular formula is C15H31NO2. The van der Waals surface area contributed by atoms with Crippen LogP contribution in [0.5, 0.6) is 0 Å². The molecule has 18 heavy (non-hydrogen) atoms. The first-order valence-corrected chi connectivity index (χ1v) is 7.53. The Morgan fingerprint density at radius 1 is 1.00 bits per heavy atom. The molecule has 0 aromatic rings. The molecule has 0 radical (unpaired) electrons. The molecule has 0 aliphatic rings. The van der Waals surface area contributed by atoms with Crippen molar-refractivity contribution in [3.63, 3.8) is 0 Å². The summed E-state index contributed by atoms with van der Waals surface area (Å²) >= 11 is 0. The smallest absolute Gasteiger partial charge is 0.307 e. The average molecular weight is 257 g/mol. The van der Waals surface area contributed by atoms with E-state index in [-0.39, 0.29) is 12.0 Å². The van der Waals surface area contributed by atoms with Crippen LogP contribution >= 0.6 is 0 Å². The number of nitrogens with two attached hydrogens (primary N) is 1. The lowest BCUT2D eigenvalue weighted by atomic mass is 10.0. The highest BCUT2D eigenvalue weighted by Gasteiger charge is 2.08. The summed E-state index contributed by atoms with van der Waals surface area (Å²) in [4.78, 5) is 11.0. The van der Waals surface area contributed by atoms with Crippen molar-refractivity contribution in [1.82, 2.24) is 0 Å². The molecule has 0 rings (SSSR count). The van der Waals surface area contributed by atoms with Crippen LogP contribution in [-0.2, 0) is 9.53 Å². The fraction of sp³-hybridized carbons (Fsp3) is 0.933. The highest BCUT2D eigenvalue weighted by Crippen LogP contribution is 2.11. The zero-order valence-corrected chi connectivity index (χ0v) is 12.2. The minimum atomic E-state index is -0.196. The number of rotatable bonds is 12. The standard InChI is InChI=1S/C15H31NO2/c1-3-4-5-6-7-8-9-10-11-12-14(16)13-15(17)18-2/h14H,3-13,16H2,1-2H3/t14-/m0/s1. The SMILES string of the molecule is CCCCCCCCCCC[C@H](N)CC(=O)OC. The van der Waals surface area contributed by atoms with Crippen LogP contribution < -0.4 is 5.73 Å². The maximum absolute atomic E-state index is 11.0. The minimum Gasteiger partial charge on any atom is -0.469 e. The molecule has 0 spiro atoms. The molecule has 0 saturated carbocycles. The van der Waals surface area contributed by atoms with Gasteiger partial charge in [0.2, 0.25) is 0 Å². The van der Waals surface area contributed by atoms with E-state index >= 15 is 0 Å². The molecule has 3 nitrogen and oxygen atoms in total. The molecule has 0 saturated heterocycles. The summed E-state index contributed by atoms with van der Waals surface area (Å²) in [5.74, 6) is -0.196. The summed E-state index contributed by atoms with van der Waals surface area (Å²) in [5.41, 5.74) is 5.85. The summed E-state index contributed by atoms with van der Waals surface area (Å²) < 4.78 is 4.59. The van der Waals surface area contributed by atoms with Crippen molar-refractivity contribution < 1.29 is 9.53 Å². The first-order valence-electron chi connectivity index (χ1n) is 7.53. The highest BCUT2D eigenvalue weighted by atomic mass is 16.5. The Bertz CT molecular complexity index is 195. The third kappa shape index (κ3) is 11.9. The number of carbonyl (C=O) groups excluding carboxylic acids is 1. The van der Waals surface area contributed by atoms with E-state index in [1.54, 1.807) is 0 Å². The van der Waals surface area contributed by atoms with Crippen LogP contribution in [0.2, 0.25) is 0 Å². The topological polar surface area (TPSA) is 52.3 Å². The minimum absolute atomic E-state index is 0.0259. The molecule has 3 heteroatoms. The average Bonchev–Trinajstić information content (AvgIpc) is 2.36. The predicted molar refractivity (Wildman–Crippen MR) is 76.5 cm³/mol. The van der Waals surface area contributed by atoms with Crippen LogP contribution in [0.25, 0.3) is 0 Å². The van der Waals surface area contributed by atoms with Crippen molar-refractivity contribution in [1.29, 1.82) is 0 Å². The number of hydrogen-bond acceptors (Lipinski definition) is 3. The van der Waals surface area contributed by atoms with Crippen LogP contribution in [0, 0.1) is 0 Å². The molecule has 0 amide bonds. The van der Waals surface area contributed by atoms with Gasteiger partial charge in [-0.2, -0.15) is 0 Å². The fourth-order valence-corrected chi connectivity index (χ4v) is 2.12. The molecule has 0 aliphatic heterocycles. The lowest BCUT2D eigenvalue weighted by molar-refractivity contribution is -0.141. The Hall–Kier alpha value is -0.570. The van der Waals surface area contributed by atoms with E-state index in [0.29, 0.717) is 6.42 Å². The van der Waals surface area contributed by atoms with Gasteiger partial charge in [0.1, 0.15) is 0 Å². The van der Waals surface area contributed by atoms with Crippen molar-refractivity contribution in [3.8, 4) is 0 Å². The second kappa shape index (κ2) is 12.9. The van der Waals surface area contributed by atoms with Crippen molar-refractivity contribution in [2.45, 2.75) is 83.6 Å². The molecule has 0 aliphatic carbocycles. The molecule has 108 valence electrons. The Labute approximate surface area is 112 Å². The summed E-state index contributed by atoms with van der Waals surface area (Å²) in [6, 6.07) is -0.0259. The van der Waals surface area contributed by atoms with Crippen molar-refractivity contribution in [3.05, 3.63) is 0 Å². The zero-order chi connectivity index (χ0) is 13.6. The lowest BCUT2D eigenvalue weighted by Gasteiger charge is -2.09. The van der Waals surface area contributed by atoms with E-state index in [4.69, 9.17) is 5.73 Å². The van der Waals surface area contributed by atoms with E-state index in [1.165, 1.54) is 58.5 Å². The predicted octanol–water partition coefficient (Wildman–Crippen LogP) is 3.80. The van der Waals surface area contributed by atoms with Gasteiger partial charge in [0.25, 0.3) is 0 Å². The molecule has 0 unspecified atom stereocenters. The Morgan fingerprint density at radius 3 is 2.00 bits per heavy atom. The maximum Gasteiger partial charge on any atom is 0.307 e. The Morgan fingerprint density at radius 2 is 1.50 bits per heavy atom. The number of unbranched alkanes of at least 4 members (excludes halogenated alkanes) is 8. The van der Waals surface area contributed by atoms with E-state index in [0.717, 1.165) is 12.8 Å². The van der Waals surface area contributed by atoms with Gasteiger partial charge in [0.15, 0.2) is 0 Å². The first-order chi connectivity index (χ1) is 8.70. The summed E-state index contributed by atoms with van der Waals surface area (Å²) in [6.07, 6.45) is 13.1. The fourth-order valence-electron chi connectivity index (χ4n) is 2.12. The molecule has 1 atom stereocenters. The zero-order valence-electron chi connectivity index (χ0n) is 12.2. The van der Waals surface area contributed by atoms with Gasteiger partial charge >= 0.3 is 5.97 Å². The largest absolute Gasteiger partial charge is 0.469 e. The van der Waals surface area contributed by atoms with Gasteiger partial charge in [-0.25, -0.2) is 0 Å². The summed E-state index contributed by atoms with van der Waals surface area (Å²) in [6.45, 7) is 2.25. The van der Waals surface area contributed by atoms with Crippen LogP contribution in [-0.4, -0.2) is 19.1 Å². The quantitative estimate of drug-likeness (QED) is 0.427. The van der Waals surface area contributed by atoms with E-state index in [9.17, 15) is 4.79 Å². The van der Waals surface area contributed by atoms with Crippen molar-refractivity contribution in [2.75, 3.05) is 7.11 Å². The molecule has 0 aromatic carbocycles. The Balaban J connectivity index is 3.17. The normalized spacial score (nSPS) is 12.4.